The van der Waals surface area contributed by atoms with Gasteiger partial charge in [-0.1, -0.05) is 45.9 Å². The summed E-state index contributed by atoms with van der Waals surface area (Å²) in [6.07, 6.45) is 3.79. The molecule has 1 aliphatic rings. The van der Waals surface area contributed by atoms with E-state index in [9.17, 15) is 9.59 Å². The highest BCUT2D eigenvalue weighted by Gasteiger charge is 2.20. The van der Waals surface area contributed by atoms with Gasteiger partial charge in [-0.3, -0.25) is 19.5 Å². The van der Waals surface area contributed by atoms with Crippen LogP contribution >= 0.6 is 0 Å². The first-order chi connectivity index (χ1) is 18.0. The van der Waals surface area contributed by atoms with Crippen molar-refractivity contribution >= 4 is 23.2 Å². The van der Waals surface area contributed by atoms with Gasteiger partial charge in [-0.15, -0.1) is 0 Å². The number of carbonyl (C=O) groups is 2. The van der Waals surface area contributed by atoms with Crippen molar-refractivity contribution in [3.63, 3.8) is 0 Å². The van der Waals surface area contributed by atoms with Gasteiger partial charge in [0.15, 0.2) is 0 Å². The molecule has 0 saturated carbocycles. The van der Waals surface area contributed by atoms with Gasteiger partial charge < -0.3 is 10.6 Å². The summed E-state index contributed by atoms with van der Waals surface area (Å²) in [5, 5.41) is 5.85. The van der Waals surface area contributed by atoms with Crippen molar-refractivity contribution in [2.45, 2.75) is 72.8 Å². The molecule has 1 heterocycles. The predicted molar refractivity (Wildman–Crippen MR) is 158 cm³/mol. The maximum atomic E-state index is 13.4. The quantitative estimate of drug-likeness (QED) is 0.316. The van der Waals surface area contributed by atoms with Crippen molar-refractivity contribution in [2.24, 2.45) is 4.99 Å². The summed E-state index contributed by atoms with van der Waals surface area (Å²) >= 11 is 0. The topological polar surface area (TPSA) is 73.8 Å². The van der Waals surface area contributed by atoms with Crippen LogP contribution in [0.4, 0.5) is 5.69 Å². The maximum absolute atomic E-state index is 13.4. The molecule has 1 saturated heterocycles. The van der Waals surface area contributed by atoms with Crippen molar-refractivity contribution < 1.29 is 9.59 Å². The lowest BCUT2D eigenvalue weighted by atomic mass is 9.84. The number of carbonyl (C=O) groups excluding carboxylic acids is 2. The van der Waals surface area contributed by atoms with Gasteiger partial charge in [0.1, 0.15) is 0 Å². The highest BCUT2D eigenvalue weighted by Crippen LogP contribution is 2.27. The molecule has 0 aromatic heterocycles. The number of rotatable bonds is 9. The third kappa shape index (κ3) is 8.12. The Labute approximate surface area is 228 Å². The van der Waals surface area contributed by atoms with E-state index in [1.807, 2.05) is 51.1 Å². The van der Waals surface area contributed by atoms with Crippen LogP contribution in [-0.4, -0.2) is 48.6 Å². The summed E-state index contributed by atoms with van der Waals surface area (Å²) in [6, 6.07) is 12.2. The van der Waals surface area contributed by atoms with Gasteiger partial charge in [-0.05, 0) is 93.1 Å². The van der Waals surface area contributed by atoms with Crippen molar-refractivity contribution in [3.8, 4) is 0 Å². The van der Waals surface area contributed by atoms with Gasteiger partial charge in [0, 0.05) is 41.2 Å². The first-order valence-electron chi connectivity index (χ1n) is 13.7. The number of likely N-dealkylation sites (tertiary alicyclic amines) is 1. The van der Waals surface area contributed by atoms with Crippen molar-refractivity contribution in [2.75, 3.05) is 31.5 Å². The monoisotopic (exact) mass is 516 g/mol. The average Bonchev–Trinajstić information content (AvgIpc) is 2.88. The average molecular weight is 517 g/mol. The zero-order chi connectivity index (χ0) is 27.9. The van der Waals surface area contributed by atoms with Gasteiger partial charge in [-0.25, -0.2) is 0 Å². The van der Waals surface area contributed by atoms with E-state index in [4.69, 9.17) is 0 Å². The molecule has 2 aromatic rings. The summed E-state index contributed by atoms with van der Waals surface area (Å²) in [4.78, 5) is 32.5. The van der Waals surface area contributed by atoms with Crippen LogP contribution in [0.15, 0.2) is 53.5 Å². The molecule has 0 atom stereocenters. The molecule has 2 aromatic carbocycles. The minimum atomic E-state index is -0.182. The highest BCUT2D eigenvalue weighted by atomic mass is 16.2. The van der Waals surface area contributed by atoms with Crippen molar-refractivity contribution in [1.82, 2.24) is 10.2 Å². The Kier molecular flexibility index (Phi) is 10.0. The van der Waals surface area contributed by atoms with E-state index >= 15 is 0 Å². The lowest BCUT2D eigenvalue weighted by Crippen LogP contribution is -2.29. The number of piperidine rings is 1. The number of nitrogens with zero attached hydrogens (tertiary/aromatic N) is 2. The number of anilines is 1. The summed E-state index contributed by atoms with van der Waals surface area (Å²) < 4.78 is 0. The van der Waals surface area contributed by atoms with Crippen LogP contribution in [0.3, 0.4) is 0 Å². The van der Waals surface area contributed by atoms with Gasteiger partial charge in [0.05, 0.1) is 6.54 Å². The number of nitrogens with one attached hydrogen (secondary N) is 2. The Morgan fingerprint density at radius 1 is 1.05 bits per heavy atom. The van der Waals surface area contributed by atoms with Gasteiger partial charge in [-0.2, -0.15) is 0 Å². The lowest BCUT2D eigenvalue weighted by Gasteiger charge is -2.28. The largest absolute Gasteiger partial charge is 0.353 e. The van der Waals surface area contributed by atoms with E-state index in [0.717, 1.165) is 42.0 Å². The Bertz CT molecular complexity index is 1200. The zero-order valence-corrected chi connectivity index (χ0v) is 24.0. The molecule has 0 radical (unpaired) electrons. The zero-order valence-electron chi connectivity index (χ0n) is 24.0. The fraction of sp³-hybridized carbons (Fsp3) is 0.469. The first-order valence-corrected chi connectivity index (χ1v) is 13.7. The number of amides is 2. The number of aliphatic imine (C=N–C) groups is 1. The van der Waals surface area contributed by atoms with E-state index in [2.05, 4.69) is 53.9 Å². The van der Waals surface area contributed by atoms with E-state index in [0.29, 0.717) is 23.4 Å². The highest BCUT2D eigenvalue weighted by molar-refractivity contribution is 6.06. The van der Waals surface area contributed by atoms with Crippen molar-refractivity contribution in [3.05, 3.63) is 76.4 Å². The molecule has 1 aliphatic heterocycles. The minimum Gasteiger partial charge on any atom is -0.353 e. The Morgan fingerprint density at radius 3 is 2.42 bits per heavy atom. The normalized spacial score (nSPS) is 14.7. The molecule has 0 bridgehead atoms. The van der Waals surface area contributed by atoms with Gasteiger partial charge in [0.2, 0.25) is 5.91 Å². The predicted octanol–water partition coefficient (Wildman–Crippen LogP) is 6.03. The number of likely N-dealkylation sites (N-methyl/N-ethyl adjacent to an activating group) is 1. The second-order valence-electron chi connectivity index (χ2n) is 11.4. The van der Waals surface area contributed by atoms with Crippen LogP contribution in [0.2, 0.25) is 0 Å². The van der Waals surface area contributed by atoms with Crippen LogP contribution in [-0.2, 0) is 16.8 Å². The molecular weight excluding hydrogens is 472 g/mol. The molecule has 6 heteroatoms. The second kappa shape index (κ2) is 13.0. The Morgan fingerprint density at radius 2 is 1.76 bits per heavy atom. The fourth-order valence-electron chi connectivity index (χ4n) is 4.67. The Balaban J connectivity index is 1.81. The molecule has 0 spiro atoms. The van der Waals surface area contributed by atoms with Gasteiger partial charge >= 0.3 is 0 Å². The maximum Gasteiger partial charge on any atom is 0.255 e. The molecule has 204 valence electrons. The van der Waals surface area contributed by atoms with Crippen LogP contribution in [0.25, 0.3) is 0 Å². The van der Waals surface area contributed by atoms with Crippen LogP contribution < -0.4 is 10.6 Å². The smallest absolute Gasteiger partial charge is 0.255 e. The lowest BCUT2D eigenvalue weighted by molar-refractivity contribution is -0.117. The third-order valence-electron chi connectivity index (χ3n) is 7.03. The molecular formula is C32H44N4O2. The number of benzene rings is 2. The van der Waals surface area contributed by atoms with Crippen LogP contribution in [0, 0.1) is 6.92 Å². The molecule has 38 heavy (non-hydrogen) atoms. The molecule has 0 unspecified atom stereocenters. The molecule has 2 amide bonds. The second-order valence-corrected chi connectivity index (χ2v) is 11.4. The number of hydrogen-bond donors (Lipinski definition) is 2. The van der Waals surface area contributed by atoms with Crippen molar-refractivity contribution in [1.29, 1.82) is 0 Å². The minimum absolute atomic E-state index is 0.0599. The molecule has 1 fully saturated rings. The number of hydrogen-bond acceptors (Lipinski definition) is 4. The van der Waals surface area contributed by atoms with E-state index < -0.39 is 0 Å². The van der Waals surface area contributed by atoms with E-state index in [-0.39, 0.29) is 23.8 Å². The van der Waals surface area contributed by atoms with Gasteiger partial charge in [0.25, 0.3) is 5.91 Å². The molecule has 6 nitrogen and oxygen atoms in total. The van der Waals surface area contributed by atoms with E-state index in [1.165, 1.54) is 24.8 Å². The standard InChI is InChI=1S/C32H44N4O2/c1-8-33-30(37)23(3)20-34-24(4)29-19-28(13-12-22(29)2)35-31(38)26-16-25(17-27(18-26)32(5,6)7)21-36-14-10-9-11-15-36/h12-13,16-19H,3,8-11,14-15,20-21H2,1-2,4-7H3,(H,33,37)(H,35,38). The summed E-state index contributed by atoms with van der Waals surface area (Å²) in [7, 11) is 0. The Hall–Kier alpha value is -3.25. The molecule has 2 N–H and O–H groups in total. The fourth-order valence-corrected chi connectivity index (χ4v) is 4.67. The summed E-state index contributed by atoms with van der Waals surface area (Å²) in [5.74, 6) is -0.302. The first kappa shape index (κ1) is 29.3. The SMILES string of the molecule is C=C(CN=C(C)c1cc(NC(=O)c2cc(CN3CCCCC3)cc(C(C)(C)C)c2)ccc1C)C(=O)NCC. The van der Waals surface area contributed by atoms with Crippen LogP contribution in [0.5, 0.6) is 0 Å². The molecule has 0 aliphatic carbocycles. The summed E-state index contributed by atoms with van der Waals surface area (Å²) in [5.41, 5.74) is 6.88. The van der Waals surface area contributed by atoms with E-state index in [1.54, 1.807) is 0 Å². The summed E-state index contributed by atoms with van der Waals surface area (Å²) in [6.45, 7) is 20.1. The third-order valence-corrected chi connectivity index (χ3v) is 7.03. The molecule has 3 rings (SSSR count). The van der Waals surface area contributed by atoms with Crippen LogP contribution in [0.1, 0.15) is 86.5 Å². The number of aryl methyl sites for hydroxylation is 1.